The van der Waals surface area contributed by atoms with Crippen LogP contribution in [0, 0.1) is 0 Å². The van der Waals surface area contributed by atoms with Crippen LogP contribution in [0.3, 0.4) is 0 Å². The van der Waals surface area contributed by atoms with Crippen LogP contribution in [-0.2, 0) is 9.53 Å². The van der Waals surface area contributed by atoms with Crippen LogP contribution < -0.4 is 0 Å². The van der Waals surface area contributed by atoms with Gasteiger partial charge in [0.2, 0.25) is 5.89 Å². The molecular weight excluding hydrogens is 276 g/mol. The molecule has 5 nitrogen and oxygen atoms in total. The molecule has 2 aromatic rings. The van der Waals surface area contributed by atoms with Gasteiger partial charge in [0, 0.05) is 5.56 Å². The number of carbonyl (C=O) groups excluding carboxylic acids is 1. The van der Waals surface area contributed by atoms with Gasteiger partial charge < -0.3 is 9.15 Å². The fourth-order valence-corrected chi connectivity index (χ4v) is 1.97. The van der Waals surface area contributed by atoms with Crippen molar-refractivity contribution in [2.45, 2.75) is 31.6 Å². The minimum Gasteiger partial charge on any atom is -0.462 e. The topological polar surface area (TPSA) is 65.2 Å². The maximum Gasteiger partial charge on any atom is 0.316 e. The van der Waals surface area contributed by atoms with E-state index in [2.05, 4.69) is 10.2 Å². The molecule has 1 atom stereocenters. The van der Waals surface area contributed by atoms with Crippen molar-refractivity contribution in [1.29, 1.82) is 0 Å². The molecule has 0 saturated carbocycles. The van der Waals surface area contributed by atoms with Crippen molar-refractivity contribution in [1.82, 2.24) is 10.2 Å². The molecule has 0 amide bonds. The summed E-state index contributed by atoms with van der Waals surface area (Å²) >= 11 is 1.18. The molecule has 0 N–H and O–H groups in total. The Morgan fingerprint density at radius 2 is 2.10 bits per heavy atom. The summed E-state index contributed by atoms with van der Waals surface area (Å²) in [6.07, 6.45) is 0.737. The predicted molar refractivity (Wildman–Crippen MR) is 76.3 cm³/mol. The molecule has 2 rings (SSSR count). The normalized spacial score (nSPS) is 12.1. The molecule has 0 aliphatic carbocycles. The molecule has 0 bridgehead atoms. The molecule has 0 radical (unpaired) electrons. The highest BCUT2D eigenvalue weighted by atomic mass is 32.2. The number of aromatic nitrogens is 2. The minimum atomic E-state index is -0.274. The van der Waals surface area contributed by atoms with Gasteiger partial charge in [-0.1, -0.05) is 36.9 Å². The van der Waals surface area contributed by atoms with Gasteiger partial charge in [-0.3, -0.25) is 4.79 Å². The van der Waals surface area contributed by atoms with Crippen LogP contribution in [0.25, 0.3) is 11.5 Å². The van der Waals surface area contributed by atoms with E-state index in [1.807, 2.05) is 44.2 Å². The number of benzene rings is 1. The molecule has 0 spiro atoms. The molecular formula is C14H16N2O3S. The zero-order valence-corrected chi connectivity index (χ0v) is 12.2. The van der Waals surface area contributed by atoms with Crippen LogP contribution in [0.5, 0.6) is 0 Å². The standard InChI is InChI=1S/C14H16N2O3S/c1-3-10(2)18-12(17)9-20-14-16-15-13(19-14)11-7-5-4-6-8-11/h4-8,10H,3,9H2,1-2H3. The van der Waals surface area contributed by atoms with E-state index in [9.17, 15) is 4.79 Å². The van der Waals surface area contributed by atoms with Gasteiger partial charge in [-0.05, 0) is 25.5 Å². The number of nitrogens with zero attached hydrogens (tertiary/aromatic N) is 2. The summed E-state index contributed by atoms with van der Waals surface area (Å²) in [5, 5.41) is 8.22. The Morgan fingerprint density at radius 1 is 1.35 bits per heavy atom. The van der Waals surface area contributed by atoms with Crippen molar-refractivity contribution >= 4 is 17.7 Å². The summed E-state index contributed by atoms with van der Waals surface area (Å²) in [6.45, 7) is 3.83. The van der Waals surface area contributed by atoms with E-state index in [4.69, 9.17) is 9.15 Å². The molecule has 1 aromatic heterocycles. The summed E-state index contributed by atoms with van der Waals surface area (Å²) < 4.78 is 10.6. The van der Waals surface area contributed by atoms with Gasteiger partial charge >= 0.3 is 5.97 Å². The van der Waals surface area contributed by atoms with E-state index in [1.54, 1.807) is 0 Å². The largest absolute Gasteiger partial charge is 0.462 e. The number of thioether (sulfide) groups is 1. The van der Waals surface area contributed by atoms with Crippen molar-refractivity contribution in [3.8, 4) is 11.5 Å². The lowest BCUT2D eigenvalue weighted by Crippen LogP contribution is -2.15. The third-order valence-corrected chi connectivity index (χ3v) is 3.44. The summed E-state index contributed by atoms with van der Waals surface area (Å²) in [4.78, 5) is 11.5. The number of rotatable bonds is 6. The Morgan fingerprint density at radius 3 is 2.80 bits per heavy atom. The monoisotopic (exact) mass is 292 g/mol. The maximum atomic E-state index is 11.5. The van der Waals surface area contributed by atoms with Crippen molar-refractivity contribution in [3.05, 3.63) is 30.3 Å². The third-order valence-electron chi connectivity index (χ3n) is 2.65. The first-order valence-corrected chi connectivity index (χ1v) is 7.38. The summed E-state index contributed by atoms with van der Waals surface area (Å²) in [5.74, 6) is 0.341. The second-order valence-electron chi connectivity index (χ2n) is 4.24. The summed E-state index contributed by atoms with van der Waals surface area (Å²) in [7, 11) is 0. The molecule has 0 aliphatic heterocycles. The summed E-state index contributed by atoms with van der Waals surface area (Å²) in [6, 6.07) is 9.49. The van der Waals surface area contributed by atoms with E-state index in [0.29, 0.717) is 11.1 Å². The van der Waals surface area contributed by atoms with E-state index in [0.717, 1.165) is 12.0 Å². The highest BCUT2D eigenvalue weighted by Gasteiger charge is 2.13. The number of ether oxygens (including phenoxy) is 1. The van der Waals surface area contributed by atoms with E-state index < -0.39 is 0 Å². The molecule has 1 unspecified atom stereocenters. The highest BCUT2D eigenvalue weighted by molar-refractivity contribution is 7.99. The number of esters is 1. The third kappa shape index (κ3) is 4.09. The van der Waals surface area contributed by atoms with Gasteiger partial charge in [0.15, 0.2) is 0 Å². The van der Waals surface area contributed by atoms with Crippen molar-refractivity contribution in [2.75, 3.05) is 5.75 Å². The Bertz CT molecular complexity index is 557. The van der Waals surface area contributed by atoms with Crippen molar-refractivity contribution in [2.24, 2.45) is 0 Å². The van der Waals surface area contributed by atoms with Crippen LogP contribution in [0.15, 0.2) is 40.0 Å². The van der Waals surface area contributed by atoms with E-state index >= 15 is 0 Å². The average Bonchev–Trinajstić information content (AvgIpc) is 2.95. The zero-order valence-electron chi connectivity index (χ0n) is 11.4. The van der Waals surface area contributed by atoms with Crippen LogP contribution in [0.2, 0.25) is 0 Å². The van der Waals surface area contributed by atoms with Gasteiger partial charge in [0.25, 0.3) is 5.22 Å². The fraction of sp³-hybridized carbons (Fsp3) is 0.357. The zero-order chi connectivity index (χ0) is 14.4. The Kier molecular flexibility index (Phi) is 5.17. The lowest BCUT2D eigenvalue weighted by atomic mass is 10.2. The SMILES string of the molecule is CCC(C)OC(=O)CSc1nnc(-c2ccccc2)o1. The predicted octanol–water partition coefficient (Wildman–Crippen LogP) is 3.17. The van der Waals surface area contributed by atoms with Gasteiger partial charge in [-0.25, -0.2) is 0 Å². The van der Waals surface area contributed by atoms with Gasteiger partial charge in [0.05, 0.1) is 6.10 Å². The first kappa shape index (κ1) is 14.6. The van der Waals surface area contributed by atoms with Crippen LogP contribution in [0.1, 0.15) is 20.3 Å². The molecule has 0 saturated heterocycles. The van der Waals surface area contributed by atoms with Gasteiger partial charge in [-0.2, -0.15) is 0 Å². The molecule has 0 fully saturated rings. The van der Waals surface area contributed by atoms with Gasteiger partial charge in [-0.15, -0.1) is 10.2 Å². The molecule has 0 aliphatic rings. The number of hydrogen-bond donors (Lipinski definition) is 0. The first-order valence-electron chi connectivity index (χ1n) is 6.40. The van der Waals surface area contributed by atoms with Crippen LogP contribution >= 0.6 is 11.8 Å². The Labute approximate surface area is 121 Å². The van der Waals surface area contributed by atoms with E-state index in [1.165, 1.54) is 11.8 Å². The van der Waals surface area contributed by atoms with E-state index in [-0.39, 0.29) is 17.8 Å². The van der Waals surface area contributed by atoms with Crippen molar-refractivity contribution in [3.63, 3.8) is 0 Å². The average molecular weight is 292 g/mol. The lowest BCUT2D eigenvalue weighted by Gasteiger charge is -2.09. The van der Waals surface area contributed by atoms with Gasteiger partial charge in [0.1, 0.15) is 5.75 Å². The highest BCUT2D eigenvalue weighted by Crippen LogP contribution is 2.22. The Hall–Kier alpha value is -1.82. The molecule has 1 aromatic carbocycles. The first-order chi connectivity index (χ1) is 9.69. The summed E-state index contributed by atoms with van der Waals surface area (Å²) in [5.41, 5.74) is 0.856. The van der Waals surface area contributed by atoms with Crippen molar-refractivity contribution < 1.29 is 13.9 Å². The fourth-order valence-electron chi connectivity index (χ4n) is 1.43. The lowest BCUT2D eigenvalue weighted by molar-refractivity contribution is -0.144. The van der Waals surface area contributed by atoms with Crippen LogP contribution in [-0.4, -0.2) is 28.0 Å². The van der Waals surface area contributed by atoms with Crippen LogP contribution in [0.4, 0.5) is 0 Å². The second kappa shape index (κ2) is 7.09. The smallest absolute Gasteiger partial charge is 0.316 e. The molecule has 1 heterocycles. The second-order valence-corrected chi connectivity index (χ2v) is 5.16. The molecule has 106 valence electrons. The number of hydrogen-bond acceptors (Lipinski definition) is 6. The Balaban J connectivity index is 1.89. The number of carbonyl (C=O) groups is 1. The molecule has 6 heteroatoms. The quantitative estimate of drug-likeness (QED) is 0.602. The molecule has 20 heavy (non-hydrogen) atoms. The maximum absolute atomic E-state index is 11.5. The minimum absolute atomic E-state index is 0.0642.